The molecule has 0 N–H and O–H groups in total. The number of nitrogens with zero attached hydrogens (tertiary/aromatic N) is 1. The van der Waals surface area contributed by atoms with Crippen molar-refractivity contribution in [1.29, 1.82) is 0 Å². The number of hydrogen-bond acceptors (Lipinski definition) is 1. The maximum atomic E-state index is 6.20. The lowest BCUT2D eigenvalue weighted by Gasteiger charge is -2.50. The highest BCUT2D eigenvalue weighted by Crippen LogP contribution is 2.40. The summed E-state index contributed by atoms with van der Waals surface area (Å²) in [6.07, 6.45) is 0. The SMILES string of the molecule is CC1(C)CN([C@@H](c2ccccc2)c2cc(Cl)cc(Cl)c2)C1. The van der Waals surface area contributed by atoms with Crippen LogP contribution in [0.25, 0.3) is 0 Å². The Bertz CT molecular complexity index is 609. The fourth-order valence-electron chi connectivity index (χ4n) is 3.22. The summed E-state index contributed by atoms with van der Waals surface area (Å²) in [6, 6.07) is 16.6. The Hall–Kier alpha value is -1.02. The zero-order valence-electron chi connectivity index (χ0n) is 12.3. The summed E-state index contributed by atoms with van der Waals surface area (Å²) in [5, 5.41) is 1.39. The van der Waals surface area contributed by atoms with Crippen molar-refractivity contribution in [3.8, 4) is 0 Å². The molecule has 0 bridgehead atoms. The first-order chi connectivity index (χ1) is 9.94. The van der Waals surface area contributed by atoms with Gasteiger partial charge in [-0.3, -0.25) is 4.90 Å². The molecule has 1 aliphatic heterocycles. The Morgan fingerprint density at radius 1 is 0.905 bits per heavy atom. The van der Waals surface area contributed by atoms with Crippen LogP contribution >= 0.6 is 23.2 Å². The molecule has 3 rings (SSSR count). The van der Waals surface area contributed by atoms with Crippen LogP contribution in [0.5, 0.6) is 0 Å². The smallest absolute Gasteiger partial charge is 0.0603 e. The third-order valence-corrected chi connectivity index (χ3v) is 4.38. The average molecular weight is 320 g/mol. The zero-order valence-corrected chi connectivity index (χ0v) is 13.8. The van der Waals surface area contributed by atoms with E-state index in [1.165, 1.54) is 5.56 Å². The van der Waals surface area contributed by atoms with Crippen molar-refractivity contribution in [2.24, 2.45) is 5.41 Å². The van der Waals surface area contributed by atoms with E-state index in [0.29, 0.717) is 15.5 Å². The lowest BCUT2D eigenvalue weighted by atomic mass is 9.81. The van der Waals surface area contributed by atoms with Gasteiger partial charge in [0.1, 0.15) is 0 Å². The van der Waals surface area contributed by atoms with Crippen LogP contribution in [-0.4, -0.2) is 18.0 Å². The maximum Gasteiger partial charge on any atom is 0.0603 e. The third-order valence-electron chi connectivity index (χ3n) is 3.94. The van der Waals surface area contributed by atoms with Crippen LogP contribution in [0.3, 0.4) is 0 Å². The van der Waals surface area contributed by atoms with Gasteiger partial charge in [-0.05, 0) is 34.7 Å². The summed E-state index contributed by atoms with van der Waals surface area (Å²) < 4.78 is 0. The lowest BCUT2D eigenvalue weighted by Crippen LogP contribution is -2.54. The number of likely N-dealkylation sites (tertiary alicyclic amines) is 1. The molecule has 0 aliphatic carbocycles. The van der Waals surface area contributed by atoms with E-state index >= 15 is 0 Å². The van der Waals surface area contributed by atoms with E-state index in [-0.39, 0.29) is 6.04 Å². The first-order valence-corrected chi connectivity index (χ1v) is 7.95. The van der Waals surface area contributed by atoms with Crippen LogP contribution in [0.4, 0.5) is 0 Å². The molecule has 1 fully saturated rings. The van der Waals surface area contributed by atoms with Gasteiger partial charge in [-0.1, -0.05) is 67.4 Å². The average Bonchev–Trinajstić information content (AvgIpc) is 2.37. The van der Waals surface area contributed by atoms with Crippen molar-refractivity contribution in [3.05, 3.63) is 69.7 Å². The van der Waals surface area contributed by atoms with Crippen molar-refractivity contribution in [3.63, 3.8) is 0 Å². The Kier molecular flexibility index (Phi) is 4.00. The summed E-state index contributed by atoms with van der Waals surface area (Å²) in [5.41, 5.74) is 2.83. The summed E-state index contributed by atoms with van der Waals surface area (Å²) >= 11 is 12.4. The van der Waals surface area contributed by atoms with E-state index in [1.807, 2.05) is 18.2 Å². The molecule has 2 aromatic rings. The largest absolute Gasteiger partial charge is 0.291 e. The van der Waals surface area contributed by atoms with Crippen LogP contribution < -0.4 is 0 Å². The summed E-state index contributed by atoms with van der Waals surface area (Å²) in [4.78, 5) is 2.48. The van der Waals surface area contributed by atoms with E-state index in [2.05, 4.69) is 43.0 Å². The maximum absolute atomic E-state index is 6.20. The first kappa shape index (κ1) is 14.9. The molecule has 2 aromatic carbocycles. The van der Waals surface area contributed by atoms with Gasteiger partial charge in [0.25, 0.3) is 0 Å². The predicted octanol–water partition coefficient (Wildman–Crippen LogP) is 5.42. The van der Waals surface area contributed by atoms with Gasteiger partial charge in [0.15, 0.2) is 0 Å². The van der Waals surface area contributed by atoms with Crippen LogP contribution in [-0.2, 0) is 0 Å². The molecule has 1 nitrogen and oxygen atoms in total. The molecule has 0 saturated carbocycles. The van der Waals surface area contributed by atoms with Crippen LogP contribution in [0.15, 0.2) is 48.5 Å². The Morgan fingerprint density at radius 2 is 1.48 bits per heavy atom. The molecular weight excluding hydrogens is 301 g/mol. The molecule has 0 amide bonds. The van der Waals surface area contributed by atoms with E-state index in [9.17, 15) is 0 Å². The van der Waals surface area contributed by atoms with Gasteiger partial charge in [-0.2, -0.15) is 0 Å². The summed E-state index contributed by atoms with van der Waals surface area (Å²) in [7, 11) is 0. The van der Waals surface area contributed by atoms with E-state index in [4.69, 9.17) is 23.2 Å². The zero-order chi connectivity index (χ0) is 15.0. The van der Waals surface area contributed by atoms with Crippen LogP contribution in [0.2, 0.25) is 10.0 Å². The standard InChI is InChI=1S/C18H19Cl2N/c1-18(2)11-21(12-18)17(13-6-4-3-5-7-13)14-8-15(19)10-16(20)9-14/h3-10,17H,11-12H2,1-2H3/t17-/m0/s1. The Labute approximate surface area is 136 Å². The van der Waals surface area contributed by atoms with Gasteiger partial charge < -0.3 is 0 Å². The van der Waals surface area contributed by atoms with Crippen molar-refractivity contribution < 1.29 is 0 Å². The van der Waals surface area contributed by atoms with Crippen molar-refractivity contribution in [2.45, 2.75) is 19.9 Å². The van der Waals surface area contributed by atoms with Crippen molar-refractivity contribution in [2.75, 3.05) is 13.1 Å². The normalized spacial score (nSPS) is 19.0. The topological polar surface area (TPSA) is 3.24 Å². The first-order valence-electron chi connectivity index (χ1n) is 7.20. The number of rotatable bonds is 3. The van der Waals surface area contributed by atoms with Gasteiger partial charge >= 0.3 is 0 Å². The summed E-state index contributed by atoms with van der Waals surface area (Å²) in [5.74, 6) is 0. The van der Waals surface area contributed by atoms with Crippen molar-refractivity contribution >= 4 is 23.2 Å². The minimum absolute atomic E-state index is 0.218. The molecule has 1 saturated heterocycles. The van der Waals surface area contributed by atoms with Crippen LogP contribution in [0.1, 0.15) is 31.0 Å². The molecule has 0 radical (unpaired) electrons. The fraction of sp³-hybridized carbons (Fsp3) is 0.333. The van der Waals surface area contributed by atoms with Gasteiger partial charge in [-0.15, -0.1) is 0 Å². The second kappa shape index (κ2) is 5.64. The molecule has 0 unspecified atom stereocenters. The molecule has 0 spiro atoms. The Balaban J connectivity index is 2.00. The molecule has 1 heterocycles. The molecule has 1 atom stereocenters. The molecule has 3 heteroatoms. The van der Waals surface area contributed by atoms with E-state index in [0.717, 1.165) is 18.7 Å². The number of benzene rings is 2. The van der Waals surface area contributed by atoms with E-state index < -0.39 is 0 Å². The lowest BCUT2D eigenvalue weighted by molar-refractivity contribution is 0.00592. The Morgan fingerprint density at radius 3 is 2.00 bits per heavy atom. The quantitative estimate of drug-likeness (QED) is 0.729. The monoisotopic (exact) mass is 319 g/mol. The molecule has 0 aromatic heterocycles. The number of halogens is 2. The third kappa shape index (κ3) is 3.26. The minimum Gasteiger partial charge on any atom is -0.291 e. The molecule has 1 aliphatic rings. The summed E-state index contributed by atoms with van der Waals surface area (Å²) in [6.45, 7) is 6.76. The second-order valence-corrected chi connectivity index (χ2v) is 7.46. The molecular formula is C18H19Cl2N. The van der Waals surface area contributed by atoms with Gasteiger partial charge in [-0.25, -0.2) is 0 Å². The van der Waals surface area contributed by atoms with Gasteiger partial charge in [0.2, 0.25) is 0 Å². The predicted molar refractivity (Wildman–Crippen MR) is 90.1 cm³/mol. The molecule has 110 valence electrons. The van der Waals surface area contributed by atoms with Crippen LogP contribution in [0, 0.1) is 5.41 Å². The highest BCUT2D eigenvalue weighted by molar-refractivity contribution is 6.34. The second-order valence-electron chi connectivity index (χ2n) is 6.59. The van der Waals surface area contributed by atoms with Gasteiger partial charge in [0, 0.05) is 23.1 Å². The van der Waals surface area contributed by atoms with E-state index in [1.54, 1.807) is 6.07 Å². The van der Waals surface area contributed by atoms with Crippen molar-refractivity contribution in [1.82, 2.24) is 4.90 Å². The minimum atomic E-state index is 0.218. The highest BCUT2D eigenvalue weighted by atomic mass is 35.5. The fourth-order valence-corrected chi connectivity index (χ4v) is 3.76. The highest BCUT2D eigenvalue weighted by Gasteiger charge is 2.39. The van der Waals surface area contributed by atoms with Gasteiger partial charge in [0.05, 0.1) is 6.04 Å². The molecule has 21 heavy (non-hydrogen) atoms. The number of hydrogen-bond donors (Lipinski definition) is 0.